The van der Waals surface area contributed by atoms with E-state index in [0.29, 0.717) is 16.1 Å². The van der Waals surface area contributed by atoms with E-state index in [1.54, 1.807) is 49.4 Å². The van der Waals surface area contributed by atoms with Crippen LogP contribution in [0, 0.1) is 0 Å². The highest BCUT2D eigenvalue weighted by molar-refractivity contribution is 7.17. The lowest BCUT2D eigenvalue weighted by Gasteiger charge is -2.18. The third-order valence-corrected chi connectivity index (χ3v) is 6.78. The number of hydrogen-bond donors (Lipinski definition) is 2. The highest BCUT2D eigenvalue weighted by atomic mass is 32.1. The van der Waals surface area contributed by atoms with E-state index in [4.69, 9.17) is 9.47 Å². The average molecular weight is 480 g/mol. The molecule has 1 aliphatic rings. The van der Waals surface area contributed by atoms with Gasteiger partial charge in [0, 0.05) is 10.4 Å². The number of aromatic hydroxyl groups is 1. The molecule has 1 unspecified atom stereocenters. The molecule has 2 N–H and O–H groups in total. The fourth-order valence-electron chi connectivity index (χ4n) is 3.97. The molecular weight excluding hydrogens is 454 g/mol. The molecule has 0 saturated carbocycles. The number of para-hydroxylation sites is 1. The zero-order valence-corrected chi connectivity index (χ0v) is 19.5. The first kappa shape index (κ1) is 23.5. The van der Waals surface area contributed by atoms with Crippen molar-refractivity contribution < 1.29 is 29.0 Å². The maximum atomic E-state index is 13.4. The SMILES string of the molecule is CCOC(=O)c1c(NC(=O)C(OC(=O)c2ccccc2O)c2ccccc2)sc2c1CCCC2. The fourth-order valence-corrected chi connectivity index (χ4v) is 5.25. The van der Waals surface area contributed by atoms with Gasteiger partial charge in [0.05, 0.1) is 12.2 Å². The number of thiophene rings is 1. The number of aryl methyl sites for hydroxylation is 1. The third kappa shape index (κ3) is 4.97. The van der Waals surface area contributed by atoms with Crippen LogP contribution >= 0.6 is 11.3 Å². The molecule has 0 aliphatic heterocycles. The Morgan fingerprint density at radius 1 is 1.00 bits per heavy atom. The zero-order chi connectivity index (χ0) is 24.1. The van der Waals surface area contributed by atoms with Gasteiger partial charge in [0.2, 0.25) is 6.10 Å². The second-order valence-electron chi connectivity index (χ2n) is 7.84. The van der Waals surface area contributed by atoms with Crippen molar-refractivity contribution in [2.24, 2.45) is 0 Å². The summed E-state index contributed by atoms with van der Waals surface area (Å²) in [5.74, 6) is -2.15. The van der Waals surface area contributed by atoms with Gasteiger partial charge in [-0.25, -0.2) is 9.59 Å². The Kier molecular flexibility index (Phi) is 7.27. The van der Waals surface area contributed by atoms with Gasteiger partial charge in [-0.15, -0.1) is 11.3 Å². The predicted molar refractivity (Wildman–Crippen MR) is 128 cm³/mol. The van der Waals surface area contributed by atoms with E-state index in [2.05, 4.69) is 5.32 Å². The summed E-state index contributed by atoms with van der Waals surface area (Å²) in [6.45, 7) is 1.96. The molecule has 3 aromatic rings. The lowest BCUT2D eigenvalue weighted by molar-refractivity contribution is -0.125. The monoisotopic (exact) mass is 479 g/mol. The van der Waals surface area contributed by atoms with Gasteiger partial charge in [-0.1, -0.05) is 42.5 Å². The first-order valence-corrected chi connectivity index (χ1v) is 12.0. The first-order valence-electron chi connectivity index (χ1n) is 11.2. The number of benzene rings is 2. The van der Waals surface area contributed by atoms with Crippen LogP contribution in [0.4, 0.5) is 5.00 Å². The zero-order valence-electron chi connectivity index (χ0n) is 18.7. The Labute approximate surface area is 201 Å². The summed E-state index contributed by atoms with van der Waals surface area (Å²) in [6, 6.07) is 14.6. The highest BCUT2D eigenvalue weighted by Crippen LogP contribution is 2.39. The molecule has 0 bridgehead atoms. The molecule has 0 radical (unpaired) electrons. The minimum atomic E-state index is -1.29. The van der Waals surface area contributed by atoms with Gasteiger partial charge in [0.1, 0.15) is 16.3 Å². The van der Waals surface area contributed by atoms with Gasteiger partial charge >= 0.3 is 11.9 Å². The molecule has 1 atom stereocenters. The van der Waals surface area contributed by atoms with Gasteiger partial charge in [0.25, 0.3) is 5.91 Å². The van der Waals surface area contributed by atoms with Crippen LogP contribution in [0.5, 0.6) is 5.75 Å². The smallest absolute Gasteiger partial charge is 0.343 e. The van der Waals surface area contributed by atoms with Gasteiger partial charge in [0.15, 0.2) is 0 Å². The number of carbonyl (C=O) groups excluding carboxylic acids is 3. The molecule has 0 spiro atoms. The number of amides is 1. The Morgan fingerprint density at radius 2 is 1.71 bits per heavy atom. The third-order valence-electron chi connectivity index (χ3n) is 5.58. The van der Waals surface area contributed by atoms with Gasteiger partial charge in [-0.3, -0.25) is 4.79 Å². The van der Waals surface area contributed by atoms with Crippen molar-refractivity contribution >= 4 is 34.2 Å². The lowest BCUT2D eigenvalue weighted by Crippen LogP contribution is -2.26. The number of hydrogen-bond acceptors (Lipinski definition) is 7. The molecule has 1 heterocycles. The van der Waals surface area contributed by atoms with Gasteiger partial charge in [-0.05, 0) is 50.3 Å². The first-order chi connectivity index (χ1) is 16.5. The fraction of sp³-hybridized carbons (Fsp3) is 0.269. The number of esters is 2. The van der Waals surface area contributed by atoms with Crippen LogP contribution in [-0.2, 0) is 27.1 Å². The molecule has 0 fully saturated rings. The minimum Gasteiger partial charge on any atom is -0.507 e. The number of ether oxygens (including phenoxy) is 2. The summed E-state index contributed by atoms with van der Waals surface area (Å²) >= 11 is 1.36. The van der Waals surface area contributed by atoms with Crippen molar-refractivity contribution in [2.75, 3.05) is 11.9 Å². The van der Waals surface area contributed by atoms with Crippen LogP contribution in [0.25, 0.3) is 0 Å². The van der Waals surface area contributed by atoms with Crippen LogP contribution in [0.2, 0.25) is 0 Å². The van der Waals surface area contributed by atoms with Crippen molar-refractivity contribution in [3.8, 4) is 5.75 Å². The lowest BCUT2D eigenvalue weighted by atomic mass is 9.95. The molecule has 2 aromatic carbocycles. The summed E-state index contributed by atoms with van der Waals surface area (Å²) in [6.07, 6.45) is 2.29. The summed E-state index contributed by atoms with van der Waals surface area (Å²) in [5, 5.41) is 13.2. The average Bonchev–Trinajstić information content (AvgIpc) is 3.21. The molecule has 1 aromatic heterocycles. The Balaban J connectivity index is 1.65. The quantitative estimate of drug-likeness (QED) is 0.460. The van der Waals surface area contributed by atoms with E-state index in [1.807, 2.05) is 0 Å². The molecular formula is C26H25NO6S. The normalized spacial score (nSPS) is 13.4. The predicted octanol–water partition coefficient (Wildman–Crippen LogP) is 5.05. The molecule has 4 rings (SSSR count). The Morgan fingerprint density at radius 3 is 2.44 bits per heavy atom. The van der Waals surface area contributed by atoms with Crippen LogP contribution in [0.1, 0.15) is 62.6 Å². The van der Waals surface area contributed by atoms with Crippen molar-refractivity contribution in [3.05, 3.63) is 81.7 Å². The highest BCUT2D eigenvalue weighted by Gasteiger charge is 2.31. The van der Waals surface area contributed by atoms with Crippen LogP contribution in [-0.4, -0.2) is 29.6 Å². The standard InChI is InChI=1S/C26H25NO6S/c1-2-32-26(31)21-18-13-7-9-15-20(18)34-24(21)27-23(29)22(16-10-4-3-5-11-16)33-25(30)17-12-6-8-14-19(17)28/h3-6,8,10-12,14,22,28H,2,7,9,13,15H2,1H3,(H,27,29). The number of nitrogens with one attached hydrogen (secondary N) is 1. The number of fused-ring (bicyclic) bond motifs is 1. The van der Waals surface area contributed by atoms with Crippen molar-refractivity contribution in [1.82, 2.24) is 0 Å². The van der Waals surface area contributed by atoms with Crippen LogP contribution in [0.3, 0.4) is 0 Å². The summed E-state index contributed by atoms with van der Waals surface area (Å²) in [7, 11) is 0. The Hall–Kier alpha value is -3.65. The summed E-state index contributed by atoms with van der Waals surface area (Å²) in [4.78, 5) is 40.0. The molecule has 176 valence electrons. The Bertz CT molecular complexity index is 1200. The molecule has 1 amide bonds. The van der Waals surface area contributed by atoms with Crippen LogP contribution in [0.15, 0.2) is 54.6 Å². The summed E-state index contributed by atoms with van der Waals surface area (Å²) < 4.78 is 10.8. The van der Waals surface area contributed by atoms with E-state index in [0.717, 1.165) is 36.1 Å². The molecule has 34 heavy (non-hydrogen) atoms. The number of anilines is 1. The van der Waals surface area contributed by atoms with E-state index < -0.39 is 23.9 Å². The number of rotatable bonds is 7. The van der Waals surface area contributed by atoms with E-state index >= 15 is 0 Å². The maximum absolute atomic E-state index is 13.4. The molecule has 1 aliphatic carbocycles. The number of phenols is 1. The molecule has 7 nitrogen and oxygen atoms in total. The van der Waals surface area contributed by atoms with Crippen molar-refractivity contribution in [2.45, 2.75) is 38.7 Å². The van der Waals surface area contributed by atoms with E-state index in [-0.39, 0.29) is 17.9 Å². The largest absolute Gasteiger partial charge is 0.507 e. The van der Waals surface area contributed by atoms with Gasteiger partial charge in [-0.2, -0.15) is 0 Å². The topological polar surface area (TPSA) is 102 Å². The minimum absolute atomic E-state index is 0.0463. The molecule has 0 saturated heterocycles. The van der Waals surface area contributed by atoms with Crippen LogP contribution < -0.4 is 5.32 Å². The second kappa shape index (κ2) is 10.5. The second-order valence-corrected chi connectivity index (χ2v) is 8.94. The van der Waals surface area contributed by atoms with E-state index in [1.165, 1.54) is 23.5 Å². The van der Waals surface area contributed by atoms with Crippen molar-refractivity contribution in [1.29, 1.82) is 0 Å². The number of phenolic OH excluding ortho intramolecular Hbond substituents is 1. The van der Waals surface area contributed by atoms with Gasteiger partial charge < -0.3 is 19.9 Å². The summed E-state index contributed by atoms with van der Waals surface area (Å²) in [5.41, 5.74) is 1.72. The number of carbonyl (C=O) groups is 3. The maximum Gasteiger partial charge on any atom is 0.343 e. The van der Waals surface area contributed by atoms with E-state index in [9.17, 15) is 19.5 Å². The van der Waals surface area contributed by atoms with Crippen molar-refractivity contribution in [3.63, 3.8) is 0 Å². The molecule has 8 heteroatoms.